The molecule has 0 atom stereocenters. The van der Waals surface area contributed by atoms with Crippen LogP contribution >= 0.6 is 0 Å². The lowest BCUT2D eigenvalue weighted by atomic mass is 9.72. The summed E-state index contributed by atoms with van der Waals surface area (Å²) in [6.45, 7) is 6.24. The summed E-state index contributed by atoms with van der Waals surface area (Å²) < 4.78 is 5.33. The Bertz CT molecular complexity index is 692. The van der Waals surface area contributed by atoms with Crippen LogP contribution in [0.3, 0.4) is 0 Å². The number of aryl methyl sites for hydroxylation is 1. The molecule has 0 spiro atoms. The molecule has 4 heteroatoms. The van der Waals surface area contributed by atoms with Crippen molar-refractivity contribution in [2.75, 3.05) is 12.8 Å². The number of anilines is 1. The number of nitrogens with two attached hydrogens (primary N) is 1. The predicted octanol–water partition coefficient (Wildman–Crippen LogP) is 2.88. The van der Waals surface area contributed by atoms with Gasteiger partial charge in [-0.05, 0) is 42.5 Å². The second kappa shape index (κ2) is 4.20. The van der Waals surface area contributed by atoms with Crippen LogP contribution in [-0.4, -0.2) is 17.1 Å². The first kappa shape index (κ1) is 12.9. The molecular weight excluding hydrogens is 250 g/mol. The van der Waals surface area contributed by atoms with Crippen LogP contribution in [0.4, 0.5) is 5.82 Å². The van der Waals surface area contributed by atoms with E-state index in [2.05, 4.69) is 35.9 Å². The van der Waals surface area contributed by atoms with Crippen LogP contribution in [0.1, 0.15) is 30.8 Å². The molecule has 0 radical (unpaired) electrons. The van der Waals surface area contributed by atoms with Crippen molar-refractivity contribution in [1.82, 2.24) is 9.97 Å². The SMILES string of the molecule is COc1ccc2c(c1)CC(C)(C)c1c(N)nc(C)nc1-2. The molecule has 0 amide bonds. The van der Waals surface area contributed by atoms with Gasteiger partial charge in [-0.1, -0.05) is 13.8 Å². The molecule has 3 rings (SSSR count). The Morgan fingerprint density at radius 1 is 1.25 bits per heavy atom. The fourth-order valence-corrected chi connectivity index (χ4v) is 3.10. The van der Waals surface area contributed by atoms with Crippen molar-refractivity contribution < 1.29 is 4.74 Å². The molecule has 0 fully saturated rings. The van der Waals surface area contributed by atoms with Crippen molar-refractivity contribution in [1.29, 1.82) is 0 Å². The molecule has 2 aromatic rings. The third-order valence-electron chi connectivity index (χ3n) is 3.93. The van der Waals surface area contributed by atoms with E-state index in [0.717, 1.165) is 29.0 Å². The highest BCUT2D eigenvalue weighted by Crippen LogP contribution is 2.44. The first-order valence-electron chi connectivity index (χ1n) is 6.74. The third-order valence-corrected chi connectivity index (χ3v) is 3.93. The number of ether oxygens (including phenoxy) is 1. The van der Waals surface area contributed by atoms with E-state index in [1.54, 1.807) is 7.11 Å². The molecule has 20 heavy (non-hydrogen) atoms. The monoisotopic (exact) mass is 269 g/mol. The maximum absolute atomic E-state index is 6.16. The molecule has 0 saturated carbocycles. The minimum atomic E-state index is -0.0769. The van der Waals surface area contributed by atoms with Gasteiger partial charge in [0.25, 0.3) is 0 Å². The Morgan fingerprint density at radius 3 is 2.70 bits per heavy atom. The smallest absolute Gasteiger partial charge is 0.131 e. The second-order valence-corrected chi connectivity index (χ2v) is 5.96. The number of aromatic nitrogens is 2. The van der Waals surface area contributed by atoms with Gasteiger partial charge in [0.05, 0.1) is 12.8 Å². The normalized spacial score (nSPS) is 15.4. The Morgan fingerprint density at radius 2 is 2.00 bits per heavy atom. The van der Waals surface area contributed by atoms with Crippen LogP contribution in [0.5, 0.6) is 5.75 Å². The van der Waals surface area contributed by atoms with Crippen molar-refractivity contribution in [2.24, 2.45) is 0 Å². The topological polar surface area (TPSA) is 61.0 Å². The van der Waals surface area contributed by atoms with Crippen molar-refractivity contribution in [3.8, 4) is 17.0 Å². The van der Waals surface area contributed by atoms with Crippen LogP contribution in [-0.2, 0) is 11.8 Å². The highest BCUT2D eigenvalue weighted by molar-refractivity contribution is 5.76. The number of nitrogens with zero attached hydrogens (tertiary/aromatic N) is 2. The lowest BCUT2D eigenvalue weighted by molar-refractivity contribution is 0.413. The highest BCUT2D eigenvalue weighted by atomic mass is 16.5. The van der Waals surface area contributed by atoms with E-state index in [9.17, 15) is 0 Å². The molecule has 0 unspecified atom stereocenters. The molecule has 1 aromatic carbocycles. The molecule has 0 aliphatic heterocycles. The molecule has 1 heterocycles. The van der Waals surface area contributed by atoms with Crippen LogP contribution in [0.2, 0.25) is 0 Å². The number of hydrogen-bond donors (Lipinski definition) is 1. The van der Waals surface area contributed by atoms with Gasteiger partial charge in [0.2, 0.25) is 0 Å². The van der Waals surface area contributed by atoms with Gasteiger partial charge in [0.1, 0.15) is 17.4 Å². The van der Waals surface area contributed by atoms with Crippen molar-refractivity contribution in [3.05, 3.63) is 35.2 Å². The third kappa shape index (κ3) is 1.83. The van der Waals surface area contributed by atoms with Crippen LogP contribution < -0.4 is 10.5 Å². The van der Waals surface area contributed by atoms with Crippen LogP contribution in [0, 0.1) is 6.92 Å². The minimum absolute atomic E-state index is 0.0769. The van der Waals surface area contributed by atoms with Crippen LogP contribution in [0.25, 0.3) is 11.3 Å². The zero-order valence-corrected chi connectivity index (χ0v) is 12.3. The predicted molar refractivity (Wildman–Crippen MR) is 79.9 cm³/mol. The summed E-state index contributed by atoms with van der Waals surface area (Å²) in [5.41, 5.74) is 10.5. The van der Waals surface area contributed by atoms with Gasteiger partial charge in [-0.15, -0.1) is 0 Å². The molecule has 4 nitrogen and oxygen atoms in total. The van der Waals surface area contributed by atoms with E-state index in [0.29, 0.717) is 11.6 Å². The Hall–Kier alpha value is -2.10. The fraction of sp³-hybridized carbons (Fsp3) is 0.375. The summed E-state index contributed by atoms with van der Waals surface area (Å²) in [7, 11) is 1.69. The largest absolute Gasteiger partial charge is 0.497 e. The van der Waals surface area contributed by atoms with Gasteiger partial charge in [-0.2, -0.15) is 0 Å². The van der Waals surface area contributed by atoms with E-state index < -0.39 is 0 Å². The summed E-state index contributed by atoms with van der Waals surface area (Å²) in [6, 6.07) is 6.12. The number of fused-ring (bicyclic) bond motifs is 3. The van der Waals surface area contributed by atoms with Gasteiger partial charge >= 0.3 is 0 Å². The number of hydrogen-bond acceptors (Lipinski definition) is 4. The first-order chi connectivity index (χ1) is 9.42. The number of benzene rings is 1. The van der Waals surface area contributed by atoms with Gasteiger partial charge in [0, 0.05) is 11.1 Å². The average molecular weight is 269 g/mol. The molecule has 2 N–H and O–H groups in total. The van der Waals surface area contributed by atoms with Crippen molar-refractivity contribution in [3.63, 3.8) is 0 Å². The standard InChI is InChI=1S/C16H19N3O/c1-9-18-14-12-6-5-11(20-4)7-10(12)8-16(2,3)13(14)15(17)19-9/h5-7H,8H2,1-4H3,(H2,17,18,19). The molecule has 1 aromatic heterocycles. The number of methoxy groups -OCH3 is 1. The summed E-state index contributed by atoms with van der Waals surface area (Å²) in [5, 5.41) is 0. The van der Waals surface area contributed by atoms with E-state index in [1.807, 2.05) is 13.0 Å². The second-order valence-electron chi connectivity index (χ2n) is 5.96. The van der Waals surface area contributed by atoms with Gasteiger partial charge in [-0.25, -0.2) is 9.97 Å². The molecule has 0 bridgehead atoms. The maximum Gasteiger partial charge on any atom is 0.131 e. The summed E-state index contributed by atoms with van der Waals surface area (Å²) in [4.78, 5) is 8.97. The average Bonchev–Trinajstić information content (AvgIpc) is 2.35. The quantitative estimate of drug-likeness (QED) is 0.864. The van der Waals surface area contributed by atoms with E-state index in [-0.39, 0.29) is 5.41 Å². The van der Waals surface area contributed by atoms with E-state index in [1.165, 1.54) is 5.56 Å². The van der Waals surface area contributed by atoms with Crippen molar-refractivity contribution >= 4 is 5.82 Å². The maximum atomic E-state index is 6.16. The van der Waals surface area contributed by atoms with E-state index >= 15 is 0 Å². The van der Waals surface area contributed by atoms with Gasteiger partial charge in [-0.3, -0.25) is 0 Å². The number of nitrogen functional groups attached to an aromatic ring is 1. The minimum Gasteiger partial charge on any atom is -0.497 e. The lowest BCUT2D eigenvalue weighted by Gasteiger charge is -2.34. The first-order valence-corrected chi connectivity index (χ1v) is 6.74. The lowest BCUT2D eigenvalue weighted by Crippen LogP contribution is -2.28. The van der Waals surface area contributed by atoms with Gasteiger partial charge in [0.15, 0.2) is 0 Å². The van der Waals surface area contributed by atoms with Gasteiger partial charge < -0.3 is 10.5 Å². The summed E-state index contributed by atoms with van der Waals surface area (Å²) in [6.07, 6.45) is 0.906. The Kier molecular flexibility index (Phi) is 2.71. The molecule has 1 aliphatic carbocycles. The zero-order chi connectivity index (χ0) is 14.5. The molecule has 0 saturated heterocycles. The van der Waals surface area contributed by atoms with Crippen molar-refractivity contribution in [2.45, 2.75) is 32.6 Å². The zero-order valence-electron chi connectivity index (χ0n) is 12.3. The highest BCUT2D eigenvalue weighted by Gasteiger charge is 2.34. The fourth-order valence-electron chi connectivity index (χ4n) is 3.10. The molecule has 104 valence electrons. The Balaban J connectivity index is 2.32. The Labute approximate surface area is 119 Å². The molecule has 1 aliphatic rings. The summed E-state index contributed by atoms with van der Waals surface area (Å²) in [5.74, 6) is 2.18. The number of rotatable bonds is 1. The summed E-state index contributed by atoms with van der Waals surface area (Å²) >= 11 is 0. The van der Waals surface area contributed by atoms with Crippen LogP contribution in [0.15, 0.2) is 18.2 Å². The van der Waals surface area contributed by atoms with E-state index in [4.69, 9.17) is 10.5 Å². The molecular formula is C16H19N3O.